The van der Waals surface area contributed by atoms with E-state index in [9.17, 15) is 5.11 Å². The number of aliphatic hydroxyl groups is 1. The highest BCUT2D eigenvalue weighted by Crippen LogP contribution is 2.39. The molecule has 0 radical (unpaired) electrons. The van der Waals surface area contributed by atoms with Crippen molar-refractivity contribution in [2.75, 3.05) is 45.9 Å². The second kappa shape index (κ2) is 13.2. The van der Waals surface area contributed by atoms with Crippen LogP contribution in [0.3, 0.4) is 0 Å². The van der Waals surface area contributed by atoms with E-state index >= 15 is 0 Å². The summed E-state index contributed by atoms with van der Waals surface area (Å²) in [6.07, 6.45) is 9.88. The molecular formula is C20H41IN4O. The second-order valence-electron chi connectivity index (χ2n) is 8.18. The lowest BCUT2D eigenvalue weighted by Crippen LogP contribution is -2.44. The molecule has 0 aromatic rings. The van der Waals surface area contributed by atoms with Gasteiger partial charge >= 0.3 is 0 Å². The van der Waals surface area contributed by atoms with Crippen molar-refractivity contribution in [3.05, 3.63) is 0 Å². The summed E-state index contributed by atoms with van der Waals surface area (Å²) in [5.74, 6) is 1.83. The monoisotopic (exact) mass is 480 g/mol. The quantitative estimate of drug-likeness (QED) is 0.284. The average molecular weight is 480 g/mol. The summed E-state index contributed by atoms with van der Waals surface area (Å²) >= 11 is 0. The van der Waals surface area contributed by atoms with Crippen LogP contribution in [-0.4, -0.2) is 61.8 Å². The number of guanidine groups is 1. The molecule has 0 amide bonds. The fourth-order valence-corrected chi connectivity index (χ4v) is 4.23. The molecule has 2 fully saturated rings. The first-order valence-electron chi connectivity index (χ1n) is 10.5. The third-order valence-electron chi connectivity index (χ3n) is 6.07. The molecule has 1 aliphatic heterocycles. The number of hydrogen-bond donors (Lipinski definition) is 3. The van der Waals surface area contributed by atoms with Crippen LogP contribution in [0.5, 0.6) is 0 Å². The zero-order valence-electron chi connectivity index (χ0n) is 16.9. The Morgan fingerprint density at radius 2 is 1.85 bits per heavy atom. The minimum Gasteiger partial charge on any atom is -0.396 e. The predicted molar refractivity (Wildman–Crippen MR) is 121 cm³/mol. The van der Waals surface area contributed by atoms with Gasteiger partial charge in [-0.2, -0.15) is 0 Å². The van der Waals surface area contributed by atoms with Crippen LogP contribution in [0.2, 0.25) is 0 Å². The lowest BCUT2D eigenvalue weighted by molar-refractivity contribution is 0.137. The Kier molecular flexibility index (Phi) is 12.1. The Hall–Kier alpha value is -0.0800. The van der Waals surface area contributed by atoms with Gasteiger partial charge in [-0.1, -0.05) is 26.2 Å². The Bertz CT molecular complexity index is 386. The van der Waals surface area contributed by atoms with E-state index in [1.165, 1.54) is 58.0 Å². The number of nitrogens with one attached hydrogen (secondary N) is 2. The molecule has 6 heteroatoms. The highest BCUT2D eigenvalue weighted by molar-refractivity contribution is 14.0. The van der Waals surface area contributed by atoms with E-state index in [0.717, 1.165) is 44.5 Å². The van der Waals surface area contributed by atoms with Gasteiger partial charge < -0.3 is 20.6 Å². The maximum atomic E-state index is 9.47. The molecule has 1 heterocycles. The fourth-order valence-electron chi connectivity index (χ4n) is 4.23. The van der Waals surface area contributed by atoms with Crippen LogP contribution < -0.4 is 10.6 Å². The van der Waals surface area contributed by atoms with E-state index in [4.69, 9.17) is 4.99 Å². The van der Waals surface area contributed by atoms with Gasteiger partial charge in [-0.05, 0) is 63.5 Å². The van der Waals surface area contributed by atoms with Crippen molar-refractivity contribution >= 4 is 29.9 Å². The van der Waals surface area contributed by atoms with E-state index in [1.807, 2.05) is 0 Å². The first-order valence-corrected chi connectivity index (χ1v) is 10.5. The number of hydrogen-bond acceptors (Lipinski definition) is 3. The Morgan fingerprint density at radius 1 is 1.15 bits per heavy atom. The van der Waals surface area contributed by atoms with Crippen LogP contribution in [0.15, 0.2) is 4.99 Å². The standard InChI is InChI=1S/C20H40N4O.HI/c1-3-21-19(22-12-15-24-13-7-18(2)8-14-24)23-17-20(11-16-25)9-5-4-6-10-20;/h18,25H,3-17H2,1-2H3,(H2,21,22,23);1H. The van der Waals surface area contributed by atoms with Gasteiger partial charge in [-0.25, -0.2) is 0 Å². The van der Waals surface area contributed by atoms with E-state index in [2.05, 4.69) is 29.4 Å². The van der Waals surface area contributed by atoms with E-state index in [0.29, 0.717) is 0 Å². The van der Waals surface area contributed by atoms with Crippen LogP contribution in [-0.2, 0) is 0 Å². The van der Waals surface area contributed by atoms with Gasteiger partial charge in [0.05, 0.1) is 0 Å². The molecule has 0 aromatic carbocycles. The molecule has 2 aliphatic rings. The lowest BCUT2D eigenvalue weighted by Gasteiger charge is -2.36. The number of nitrogens with zero attached hydrogens (tertiary/aromatic N) is 2. The van der Waals surface area contributed by atoms with Crippen LogP contribution in [0, 0.1) is 11.3 Å². The number of likely N-dealkylation sites (tertiary alicyclic amines) is 1. The van der Waals surface area contributed by atoms with Crippen LogP contribution in [0.25, 0.3) is 0 Å². The molecule has 5 nitrogen and oxygen atoms in total. The molecule has 0 atom stereocenters. The summed E-state index contributed by atoms with van der Waals surface area (Å²) in [6.45, 7) is 11.0. The maximum Gasteiger partial charge on any atom is 0.191 e. The molecule has 1 saturated carbocycles. The third-order valence-corrected chi connectivity index (χ3v) is 6.07. The lowest BCUT2D eigenvalue weighted by atomic mass is 9.72. The van der Waals surface area contributed by atoms with Crippen LogP contribution in [0.4, 0.5) is 0 Å². The van der Waals surface area contributed by atoms with E-state index in [-0.39, 0.29) is 36.0 Å². The molecule has 1 aliphatic carbocycles. The number of aliphatic imine (C=N–C) groups is 1. The van der Waals surface area contributed by atoms with Gasteiger partial charge in [-0.3, -0.25) is 4.99 Å². The number of halogens is 1. The molecular weight excluding hydrogens is 439 g/mol. The summed E-state index contributed by atoms with van der Waals surface area (Å²) in [7, 11) is 0. The Balaban J connectivity index is 0.00000338. The largest absolute Gasteiger partial charge is 0.396 e. The van der Waals surface area contributed by atoms with Gasteiger partial charge in [0.25, 0.3) is 0 Å². The summed E-state index contributed by atoms with van der Waals surface area (Å²) < 4.78 is 0. The van der Waals surface area contributed by atoms with Crippen molar-refractivity contribution in [2.24, 2.45) is 16.3 Å². The smallest absolute Gasteiger partial charge is 0.191 e. The molecule has 0 unspecified atom stereocenters. The number of piperidine rings is 1. The Morgan fingerprint density at radius 3 is 2.46 bits per heavy atom. The molecule has 154 valence electrons. The topological polar surface area (TPSA) is 59.9 Å². The highest BCUT2D eigenvalue weighted by Gasteiger charge is 2.31. The normalized spacial score (nSPS) is 21.9. The second-order valence-corrected chi connectivity index (χ2v) is 8.18. The summed E-state index contributed by atoms with van der Waals surface area (Å²) in [6, 6.07) is 0. The van der Waals surface area contributed by atoms with Crippen molar-refractivity contribution in [1.29, 1.82) is 0 Å². The minimum atomic E-state index is 0. The van der Waals surface area contributed by atoms with Gasteiger partial charge in [0, 0.05) is 32.8 Å². The van der Waals surface area contributed by atoms with Gasteiger partial charge in [0.2, 0.25) is 0 Å². The molecule has 1 saturated heterocycles. The van der Waals surface area contributed by atoms with Crippen LogP contribution >= 0.6 is 24.0 Å². The average Bonchev–Trinajstić information content (AvgIpc) is 2.62. The number of rotatable bonds is 8. The van der Waals surface area contributed by atoms with Crippen molar-refractivity contribution in [1.82, 2.24) is 15.5 Å². The van der Waals surface area contributed by atoms with Crippen LogP contribution in [0.1, 0.15) is 65.2 Å². The van der Waals surface area contributed by atoms with Crippen molar-refractivity contribution in [3.63, 3.8) is 0 Å². The SMILES string of the molecule is CCNC(=NCC1(CCO)CCCCC1)NCCN1CCC(C)CC1.I. The third kappa shape index (κ3) is 8.30. The predicted octanol–water partition coefficient (Wildman–Crippen LogP) is 3.22. The molecule has 0 aromatic heterocycles. The molecule has 0 bridgehead atoms. The zero-order valence-corrected chi connectivity index (χ0v) is 19.3. The minimum absolute atomic E-state index is 0. The molecule has 3 N–H and O–H groups in total. The Labute approximate surface area is 177 Å². The van der Waals surface area contributed by atoms with Gasteiger partial charge in [-0.15, -0.1) is 24.0 Å². The van der Waals surface area contributed by atoms with Crippen molar-refractivity contribution < 1.29 is 5.11 Å². The summed E-state index contributed by atoms with van der Waals surface area (Å²) in [5, 5.41) is 16.4. The highest BCUT2D eigenvalue weighted by atomic mass is 127. The summed E-state index contributed by atoms with van der Waals surface area (Å²) in [5.41, 5.74) is 0.221. The number of aliphatic hydroxyl groups excluding tert-OH is 1. The first kappa shape index (κ1) is 24.0. The molecule has 0 spiro atoms. The van der Waals surface area contributed by atoms with E-state index in [1.54, 1.807) is 0 Å². The summed E-state index contributed by atoms with van der Waals surface area (Å²) in [4.78, 5) is 7.45. The molecule has 2 rings (SSSR count). The zero-order chi connectivity index (χ0) is 18.0. The van der Waals surface area contributed by atoms with E-state index < -0.39 is 0 Å². The maximum absolute atomic E-state index is 9.47. The van der Waals surface area contributed by atoms with Gasteiger partial charge in [0.1, 0.15) is 0 Å². The van der Waals surface area contributed by atoms with Crippen molar-refractivity contribution in [3.8, 4) is 0 Å². The molecule has 26 heavy (non-hydrogen) atoms. The van der Waals surface area contributed by atoms with Crippen molar-refractivity contribution in [2.45, 2.75) is 65.2 Å². The first-order chi connectivity index (χ1) is 12.2. The fraction of sp³-hybridized carbons (Fsp3) is 0.950. The van der Waals surface area contributed by atoms with Gasteiger partial charge in [0.15, 0.2) is 5.96 Å².